The summed E-state index contributed by atoms with van der Waals surface area (Å²) >= 11 is 0. The number of benzene rings is 3. The monoisotopic (exact) mass is 458 g/mol. The highest BCUT2D eigenvalue weighted by Crippen LogP contribution is 2.40. The molecular weight excluding hydrogens is 424 g/mol. The van der Waals surface area contributed by atoms with E-state index in [0.29, 0.717) is 17.2 Å². The Morgan fingerprint density at radius 1 is 0.706 bits per heavy atom. The molecule has 1 saturated heterocycles. The van der Waals surface area contributed by atoms with Gasteiger partial charge in [-0.15, -0.1) is 0 Å². The standard InChI is InChI=1S/C29H34N2O3/c1-32-26-17-16-25(28(33-2)29(26)34-3)15-10-18-30-19-21-31(22-20-30)27(23-11-6-4-7-12-23)24-13-8-5-9-14-24/h4-17,27H,18-22H2,1-3H3. The summed E-state index contributed by atoms with van der Waals surface area (Å²) in [5.74, 6) is 1.98. The molecule has 0 unspecified atom stereocenters. The fourth-order valence-corrected chi connectivity index (χ4v) is 4.67. The maximum absolute atomic E-state index is 5.60. The van der Waals surface area contributed by atoms with Gasteiger partial charge in [0.2, 0.25) is 5.75 Å². The van der Waals surface area contributed by atoms with E-state index in [-0.39, 0.29) is 6.04 Å². The second-order valence-electron chi connectivity index (χ2n) is 8.39. The van der Waals surface area contributed by atoms with Gasteiger partial charge in [0.1, 0.15) is 0 Å². The molecule has 0 atom stereocenters. The Morgan fingerprint density at radius 3 is 1.82 bits per heavy atom. The van der Waals surface area contributed by atoms with Gasteiger partial charge in [0.15, 0.2) is 11.5 Å². The van der Waals surface area contributed by atoms with Crippen LogP contribution < -0.4 is 14.2 Å². The molecule has 3 aromatic carbocycles. The molecule has 4 rings (SSSR count). The molecule has 0 aliphatic carbocycles. The van der Waals surface area contributed by atoms with Crippen LogP contribution in [0, 0.1) is 0 Å². The molecular formula is C29H34N2O3. The van der Waals surface area contributed by atoms with Gasteiger partial charge in [-0.05, 0) is 23.3 Å². The van der Waals surface area contributed by atoms with Crippen LogP contribution in [-0.4, -0.2) is 63.9 Å². The van der Waals surface area contributed by atoms with E-state index in [2.05, 4.69) is 82.6 Å². The average Bonchev–Trinajstić information content (AvgIpc) is 2.90. The molecule has 0 bridgehead atoms. The van der Waals surface area contributed by atoms with Crippen LogP contribution in [0.5, 0.6) is 17.2 Å². The Labute approximate surface area is 203 Å². The molecule has 0 spiro atoms. The first kappa shape index (κ1) is 23.9. The maximum atomic E-state index is 5.60. The summed E-state index contributed by atoms with van der Waals surface area (Å²) in [4.78, 5) is 5.09. The minimum Gasteiger partial charge on any atom is -0.493 e. The van der Waals surface area contributed by atoms with E-state index in [1.54, 1.807) is 21.3 Å². The minimum atomic E-state index is 0.288. The van der Waals surface area contributed by atoms with Crippen molar-refractivity contribution in [2.24, 2.45) is 0 Å². The SMILES string of the molecule is COc1ccc(C=CCN2CCN(C(c3ccccc3)c3ccccc3)CC2)c(OC)c1OC. The first-order valence-corrected chi connectivity index (χ1v) is 11.8. The predicted molar refractivity (Wildman–Crippen MR) is 138 cm³/mol. The maximum Gasteiger partial charge on any atom is 0.203 e. The topological polar surface area (TPSA) is 34.2 Å². The zero-order valence-electron chi connectivity index (χ0n) is 20.3. The molecule has 1 aliphatic rings. The van der Waals surface area contributed by atoms with Crippen LogP contribution in [0.15, 0.2) is 78.9 Å². The van der Waals surface area contributed by atoms with E-state index in [1.807, 2.05) is 12.1 Å². The van der Waals surface area contributed by atoms with Crippen molar-refractivity contribution in [1.82, 2.24) is 9.80 Å². The molecule has 3 aromatic rings. The zero-order valence-corrected chi connectivity index (χ0v) is 20.3. The fraction of sp³-hybridized carbons (Fsp3) is 0.310. The Morgan fingerprint density at radius 2 is 1.29 bits per heavy atom. The van der Waals surface area contributed by atoms with Crippen molar-refractivity contribution in [3.63, 3.8) is 0 Å². The first-order valence-electron chi connectivity index (χ1n) is 11.8. The second kappa shape index (κ2) is 11.7. The fourth-order valence-electron chi connectivity index (χ4n) is 4.67. The lowest BCUT2D eigenvalue weighted by atomic mass is 9.96. The van der Waals surface area contributed by atoms with Gasteiger partial charge in [0, 0.05) is 38.3 Å². The Bertz CT molecular complexity index is 1020. The summed E-state index contributed by atoms with van der Waals surface area (Å²) < 4.78 is 16.5. The largest absolute Gasteiger partial charge is 0.493 e. The molecule has 5 nitrogen and oxygen atoms in total. The Hall–Kier alpha value is -3.28. The van der Waals surface area contributed by atoms with Gasteiger partial charge in [-0.3, -0.25) is 9.80 Å². The highest BCUT2D eigenvalue weighted by atomic mass is 16.5. The summed E-state index contributed by atoms with van der Waals surface area (Å²) in [6.45, 7) is 5.02. The van der Waals surface area contributed by atoms with Gasteiger partial charge in [-0.25, -0.2) is 0 Å². The van der Waals surface area contributed by atoms with Gasteiger partial charge in [-0.1, -0.05) is 72.8 Å². The van der Waals surface area contributed by atoms with E-state index in [0.717, 1.165) is 38.3 Å². The lowest BCUT2D eigenvalue weighted by Crippen LogP contribution is -2.47. The third-order valence-electron chi connectivity index (χ3n) is 6.40. The van der Waals surface area contributed by atoms with Gasteiger partial charge >= 0.3 is 0 Å². The molecule has 0 amide bonds. The quantitative estimate of drug-likeness (QED) is 0.444. The van der Waals surface area contributed by atoms with Crippen LogP contribution in [0.3, 0.4) is 0 Å². The van der Waals surface area contributed by atoms with Crippen LogP contribution in [0.25, 0.3) is 6.08 Å². The molecule has 178 valence electrons. The lowest BCUT2D eigenvalue weighted by molar-refractivity contribution is 0.118. The summed E-state index contributed by atoms with van der Waals surface area (Å²) in [6, 6.07) is 25.9. The average molecular weight is 459 g/mol. The minimum absolute atomic E-state index is 0.288. The number of hydrogen-bond acceptors (Lipinski definition) is 5. The van der Waals surface area contributed by atoms with Crippen molar-refractivity contribution in [2.75, 3.05) is 54.1 Å². The molecule has 1 heterocycles. The Kier molecular flexibility index (Phi) is 8.23. The molecule has 5 heteroatoms. The predicted octanol–water partition coefficient (Wildman–Crippen LogP) is 5.13. The van der Waals surface area contributed by atoms with Crippen LogP contribution >= 0.6 is 0 Å². The van der Waals surface area contributed by atoms with Gasteiger partial charge in [0.05, 0.1) is 27.4 Å². The summed E-state index contributed by atoms with van der Waals surface area (Å²) in [7, 11) is 4.92. The number of hydrogen-bond donors (Lipinski definition) is 0. The van der Waals surface area contributed by atoms with Crippen molar-refractivity contribution in [1.29, 1.82) is 0 Å². The Balaban J connectivity index is 1.41. The number of ether oxygens (including phenoxy) is 3. The van der Waals surface area contributed by atoms with Crippen molar-refractivity contribution in [3.8, 4) is 17.2 Å². The van der Waals surface area contributed by atoms with Crippen molar-refractivity contribution < 1.29 is 14.2 Å². The van der Waals surface area contributed by atoms with Crippen molar-refractivity contribution in [2.45, 2.75) is 6.04 Å². The lowest BCUT2D eigenvalue weighted by Gasteiger charge is -2.39. The summed E-state index contributed by atoms with van der Waals surface area (Å²) in [6.07, 6.45) is 4.30. The van der Waals surface area contributed by atoms with E-state index < -0.39 is 0 Å². The molecule has 34 heavy (non-hydrogen) atoms. The highest BCUT2D eigenvalue weighted by molar-refractivity contribution is 5.66. The molecule has 1 aliphatic heterocycles. The van der Waals surface area contributed by atoms with Crippen LogP contribution in [-0.2, 0) is 0 Å². The van der Waals surface area contributed by atoms with Crippen LogP contribution in [0.1, 0.15) is 22.7 Å². The van der Waals surface area contributed by atoms with Gasteiger partial charge in [-0.2, -0.15) is 0 Å². The number of rotatable bonds is 9. The molecule has 0 aromatic heterocycles. The molecule has 0 N–H and O–H groups in total. The molecule has 0 saturated carbocycles. The van der Waals surface area contributed by atoms with E-state index in [4.69, 9.17) is 14.2 Å². The molecule has 1 fully saturated rings. The van der Waals surface area contributed by atoms with Crippen LogP contribution in [0.2, 0.25) is 0 Å². The van der Waals surface area contributed by atoms with Crippen molar-refractivity contribution >= 4 is 6.08 Å². The third-order valence-corrected chi connectivity index (χ3v) is 6.40. The summed E-state index contributed by atoms with van der Waals surface area (Å²) in [5, 5.41) is 0. The van der Waals surface area contributed by atoms with Gasteiger partial charge in [0.25, 0.3) is 0 Å². The first-order chi connectivity index (χ1) is 16.7. The van der Waals surface area contributed by atoms with Gasteiger partial charge < -0.3 is 14.2 Å². The number of nitrogens with zero attached hydrogens (tertiary/aromatic N) is 2. The zero-order chi connectivity index (χ0) is 23.8. The van der Waals surface area contributed by atoms with E-state index >= 15 is 0 Å². The van der Waals surface area contributed by atoms with Crippen molar-refractivity contribution in [3.05, 3.63) is 95.6 Å². The van der Waals surface area contributed by atoms with E-state index in [1.165, 1.54) is 11.1 Å². The number of methoxy groups -OCH3 is 3. The second-order valence-corrected chi connectivity index (χ2v) is 8.39. The third kappa shape index (κ3) is 5.44. The van der Waals surface area contributed by atoms with Crippen LogP contribution in [0.4, 0.5) is 0 Å². The van der Waals surface area contributed by atoms with E-state index in [9.17, 15) is 0 Å². The summed E-state index contributed by atoms with van der Waals surface area (Å²) in [5.41, 5.74) is 3.68. The highest BCUT2D eigenvalue weighted by Gasteiger charge is 2.26. The molecule has 0 radical (unpaired) electrons. The smallest absolute Gasteiger partial charge is 0.203 e. The normalized spacial score (nSPS) is 15.1. The number of piperazine rings is 1.